The van der Waals surface area contributed by atoms with E-state index in [2.05, 4.69) is 29.6 Å². The Morgan fingerprint density at radius 3 is 2.26 bits per heavy atom. The predicted molar refractivity (Wildman–Crippen MR) is 107 cm³/mol. The van der Waals surface area contributed by atoms with Crippen LogP contribution in [0.2, 0.25) is 0 Å². The molecule has 2 aromatic carbocycles. The summed E-state index contributed by atoms with van der Waals surface area (Å²) in [5.74, 6) is 0.865. The van der Waals surface area contributed by atoms with E-state index >= 15 is 0 Å². The number of nitrogens with one attached hydrogen (secondary N) is 1. The van der Waals surface area contributed by atoms with Crippen LogP contribution >= 0.6 is 0 Å². The number of para-hydroxylation sites is 1. The van der Waals surface area contributed by atoms with E-state index in [0.29, 0.717) is 19.4 Å². The van der Waals surface area contributed by atoms with Gasteiger partial charge in [0, 0.05) is 17.5 Å². The van der Waals surface area contributed by atoms with E-state index in [0.717, 1.165) is 18.6 Å². The molecule has 0 saturated heterocycles. The minimum atomic E-state index is -0.843. The average Bonchev–Trinajstić information content (AvgIpc) is 3.31. The van der Waals surface area contributed by atoms with E-state index in [4.69, 9.17) is 10.5 Å². The first-order chi connectivity index (χ1) is 13.1. The van der Waals surface area contributed by atoms with E-state index in [9.17, 15) is 4.79 Å². The van der Waals surface area contributed by atoms with Gasteiger partial charge in [-0.3, -0.25) is 4.79 Å². The van der Waals surface area contributed by atoms with Crippen LogP contribution in [-0.4, -0.2) is 25.1 Å². The van der Waals surface area contributed by atoms with Gasteiger partial charge >= 0.3 is 0 Å². The lowest BCUT2D eigenvalue weighted by molar-refractivity contribution is -0.126. The molecule has 4 nitrogen and oxygen atoms in total. The maximum absolute atomic E-state index is 13.1. The van der Waals surface area contributed by atoms with Crippen molar-refractivity contribution in [1.82, 2.24) is 5.32 Å². The molecule has 27 heavy (non-hydrogen) atoms. The fourth-order valence-corrected chi connectivity index (χ4v) is 4.91. The summed E-state index contributed by atoms with van der Waals surface area (Å²) in [6.07, 6.45) is 5.69. The number of hydrogen-bond acceptors (Lipinski definition) is 3. The highest BCUT2D eigenvalue weighted by molar-refractivity contribution is 5.88. The molecule has 2 aromatic rings. The van der Waals surface area contributed by atoms with Gasteiger partial charge in [0.25, 0.3) is 0 Å². The lowest BCUT2D eigenvalue weighted by Crippen LogP contribution is -2.56. The first-order valence-electron chi connectivity index (χ1n) is 9.84. The maximum atomic E-state index is 13.1. The molecule has 1 amide bonds. The highest BCUT2D eigenvalue weighted by Gasteiger charge is 2.43. The number of hydrogen-bond donors (Lipinski definition) is 2. The van der Waals surface area contributed by atoms with Gasteiger partial charge in [-0.25, -0.2) is 0 Å². The lowest BCUT2D eigenvalue weighted by atomic mass is 9.78. The molecule has 4 heteroatoms. The van der Waals surface area contributed by atoms with Crippen LogP contribution in [0.5, 0.6) is 5.75 Å². The summed E-state index contributed by atoms with van der Waals surface area (Å²) in [6.45, 7) is 0.613. The Kier molecular flexibility index (Phi) is 4.68. The minimum Gasteiger partial charge on any atom is -0.496 e. The van der Waals surface area contributed by atoms with Gasteiger partial charge < -0.3 is 15.8 Å². The molecule has 142 valence electrons. The summed E-state index contributed by atoms with van der Waals surface area (Å²) in [6, 6.07) is 16.4. The summed E-state index contributed by atoms with van der Waals surface area (Å²) in [7, 11) is 1.71. The second kappa shape index (κ2) is 7.01. The van der Waals surface area contributed by atoms with Gasteiger partial charge in [-0.1, -0.05) is 55.3 Å². The standard InChI is InChI=1S/C23H28N2O2/c1-27-20-11-5-4-10-19(20)22(12-6-7-13-22)16-25-21(26)23(24)14-17-8-2-3-9-18(17)15-23/h2-5,8-11H,6-7,12-16,24H2,1H3,(H,25,26). The van der Waals surface area contributed by atoms with Gasteiger partial charge in [0.05, 0.1) is 7.11 Å². The number of fused-ring (bicyclic) bond motifs is 1. The van der Waals surface area contributed by atoms with Crippen molar-refractivity contribution in [2.45, 2.75) is 49.5 Å². The molecule has 3 N–H and O–H groups in total. The first kappa shape index (κ1) is 18.1. The molecular formula is C23H28N2O2. The molecule has 0 radical (unpaired) electrons. The molecule has 0 heterocycles. The average molecular weight is 364 g/mol. The zero-order valence-electron chi connectivity index (χ0n) is 16.0. The molecule has 0 aromatic heterocycles. The highest BCUT2D eigenvalue weighted by Crippen LogP contribution is 2.44. The number of ether oxygens (including phenoxy) is 1. The van der Waals surface area contributed by atoms with Gasteiger partial charge in [0.1, 0.15) is 11.3 Å². The third kappa shape index (κ3) is 3.23. The smallest absolute Gasteiger partial charge is 0.240 e. The van der Waals surface area contributed by atoms with Crippen LogP contribution in [0.1, 0.15) is 42.4 Å². The number of amides is 1. The molecule has 1 fully saturated rings. The summed E-state index contributed by atoms with van der Waals surface area (Å²) in [5, 5.41) is 3.21. The second-order valence-electron chi connectivity index (χ2n) is 8.15. The van der Waals surface area contributed by atoms with Crippen molar-refractivity contribution in [1.29, 1.82) is 0 Å². The number of nitrogens with two attached hydrogens (primary N) is 1. The summed E-state index contributed by atoms with van der Waals surface area (Å²) in [4.78, 5) is 13.1. The third-order valence-electron chi connectivity index (χ3n) is 6.41. The number of benzene rings is 2. The Hall–Kier alpha value is -2.33. The van der Waals surface area contributed by atoms with Crippen molar-refractivity contribution < 1.29 is 9.53 Å². The van der Waals surface area contributed by atoms with Crippen molar-refractivity contribution in [3.63, 3.8) is 0 Å². The Labute approximate surface area is 161 Å². The first-order valence-corrected chi connectivity index (χ1v) is 9.84. The SMILES string of the molecule is COc1ccccc1C1(CNC(=O)C2(N)Cc3ccccc3C2)CCCC1. The summed E-state index contributed by atoms with van der Waals surface area (Å²) in [5.41, 5.74) is 9.21. The van der Waals surface area contributed by atoms with Crippen LogP contribution in [0, 0.1) is 0 Å². The van der Waals surface area contributed by atoms with Gasteiger partial charge in [-0.2, -0.15) is 0 Å². The summed E-state index contributed by atoms with van der Waals surface area (Å²) < 4.78 is 5.61. The largest absolute Gasteiger partial charge is 0.496 e. The van der Waals surface area contributed by atoms with Crippen molar-refractivity contribution in [2.24, 2.45) is 5.73 Å². The number of methoxy groups -OCH3 is 1. The van der Waals surface area contributed by atoms with E-state index in [1.54, 1.807) is 7.11 Å². The van der Waals surface area contributed by atoms with Crippen LogP contribution < -0.4 is 15.8 Å². The lowest BCUT2D eigenvalue weighted by Gasteiger charge is -2.33. The molecule has 4 rings (SSSR count). The van der Waals surface area contributed by atoms with Crippen molar-refractivity contribution in [2.75, 3.05) is 13.7 Å². The predicted octanol–water partition coefficient (Wildman–Crippen LogP) is 3.12. The molecule has 0 aliphatic heterocycles. The van der Waals surface area contributed by atoms with E-state index in [1.165, 1.54) is 29.5 Å². The number of rotatable bonds is 5. The Bertz CT molecular complexity index is 815. The minimum absolute atomic E-state index is 0.0418. The fraction of sp³-hybridized carbons (Fsp3) is 0.435. The van der Waals surface area contributed by atoms with Gasteiger partial charge in [0.2, 0.25) is 5.91 Å². The Balaban J connectivity index is 1.52. The van der Waals surface area contributed by atoms with E-state index in [-0.39, 0.29) is 11.3 Å². The molecule has 1 saturated carbocycles. The van der Waals surface area contributed by atoms with E-state index < -0.39 is 5.54 Å². The number of carbonyl (C=O) groups is 1. The molecule has 0 atom stereocenters. The van der Waals surface area contributed by atoms with E-state index in [1.807, 2.05) is 24.3 Å². The van der Waals surface area contributed by atoms with Crippen LogP contribution in [0.3, 0.4) is 0 Å². The molecule has 2 aliphatic rings. The summed E-state index contributed by atoms with van der Waals surface area (Å²) >= 11 is 0. The molecule has 2 aliphatic carbocycles. The monoisotopic (exact) mass is 364 g/mol. The molecule has 0 spiro atoms. The fourth-order valence-electron chi connectivity index (χ4n) is 4.91. The molecular weight excluding hydrogens is 336 g/mol. The normalized spacial score (nSPS) is 19.5. The van der Waals surface area contributed by atoms with Gasteiger partial charge in [-0.05, 0) is 42.9 Å². The zero-order valence-corrected chi connectivity index (χ0v) is 16.0. The Morgan fingerprint density at radius 2 is 1.63 bits per heavy atom. The second-order valence-corrected chi connectivity index (χ2v) is 8.15. The maximum Gasteiger partial charge on any atom is 0.240 e. The number of carbonyl (C=O) groups excluding carboxylic acids is 1. The van der Waals surface area contributed by atoms with Crippen molar-refractivity contribution in [3.8, 4) is 5.75 Å². The quantitative estimate of drug-likeness (QED) is 0.857. The van der Waals surface area contributed by atoms with Crippen LogP contribution in [-0.2, 0) is 23.1 Å². The zero-order chi connectivity index (χ0) is 18.9. The Morgan fingerprint density at radius 1 is 1.04 bits per heavy atom. The third-order valence-corrected chi connectivity index (χ3v) is 6.41. The molecule has 0 bridgehead atoms. The van der Waals surface area contributed by atoms with Crippen molar-refractivity contribution in [3.05, 3.63) is 65.2 Å². The van der Waals surface area contributed by atoms with Crippen LogP contribution in [0.4, 0.5) is 0 Å². The highest BCUT2D eigenvalue weighted by atomic mass is 16.5. The van der Waals surface area contributed by atoms with Crippen LogP contribution in [0.25, 0.3) is 0 Å². The van der Waals surface area contributed by atoms with Crippen molar-refractivity contribution >= 4 is 5.91 Å². The topological polar surface area (TPSA) is 64.3 Å². The van der Waals surface area contributed by atoms with Crippen LogP contribution in [0.15, 0.2) is 48.5 Å². The van der Waals surface area contributed by atoms with Gasteiger partial charge in [-0.15, -0.1) is 0 Å². The van der Waals surface area contributed by atoms with Gasteiger partial charge in [0.15, 0.2) is 0 Å². The molecule has 0 unspecified atom stereocenters.